The van der Waals surface area contributed by atoms with Crippen LogP contribution in [0.5, 0.6) is 0 Å². The number of carbonyl (C=O) groups excluding carboxylic acids is 1. The maximum Gasteiger partial charge on any atom is 0.217 e. The topological polar surface area (TPSA) is 140 Å². The van der Waals surface area contributed by atoms with Crippen LogP contribution in [0.15, 0.2) is 24.4 Å². The first-order chi connectivity index (χ1) is 11.5. The minimum absolute atomic E-state index is 0.366. The molecular formula is C15H20N4O5. The Morgan fingerprint density at radius 2 is 2.17 bits per heavy atom. The number of ether oxygens (including phenoxy) is 1. The van der Waals surface area contributed by atoms with Crippen LogP contribution >= 0.6 is 0 Å². The lowest BCUT2D eigenvalue weighted by Gasteiger charge is -2.43. The molecule has 9 heteroatoms. The Kier molecular flexibility index (Phi) is 4.67. The Balaban J connectivity index is 1.84. The van der Waals surface area contributed by atoms with E-state index >= 15 is 0 Å². The highest BCUT2D eigenvalue weighted by atomic mass is 16.5. The SMILES string of the molecule is CC(=O)NC1[C@H](Nc2ccc3[nH]ncc3c2)OC(CO)[C@@H](O)[C@@H]1O. The Bertz CT molecular complexity index is 721. The summed E-state index contributed by atoms with van der Waals surface area (Å²) in [5.74, 6) is -0.366. The van der Waals surface area contributed by atoms with Gasteiger partial charge in [0.1, 0.15) is 24.4 Å². The molecule has 2 heterocycles. The van der Waals surface area contributed by atoms with Crippen LogP contribution in [-0.2, 0) is 9.53 Å². The van der Waals surface area contributed by atoms with Crippen LogP contribution in [0.3, 0.4) is 0 Å². The molecular weight excluding hydrogens is 316 g/mol. The molecule has 24 heavy (non-hydrogen) atoms. The molecule has 0 aliphatic carbocycles. The number of benzene rings is 1. The van der Waals surface area contributed by atoms with Crippen molar-refractivity contribution < 1.29 is 24.9 Å². The fraction of sp³-hybridized carbons (Fsp3) is 0.467. The van der Waals surface area contributed by atoms with Crippen molar-refractivity contribution in [2.24, 2.45) is 0 Å². The van der Waals surface area contributed by atoms with Gasteiger partial charge in [0, 0.05) is 18.0 Å². The second kappa shape index (κ2) is 6.73. The van der Waals surface area contributed by atoms with Crippen molar-refractivity contribution in [1.29, 1.82) is 0 Å². The smallest absolute Gasteiger partial charge is 0.217 e. The number of aliphatic hydroxyl groups excluding tert-OH is 3. The Labute approximate surface area is 137 Å². The number of H-pyrrole nitrogens is 1. The van der Waals surface area contributed by atoms with Gasteiger partial charge in [-0.25, -0.2) is 0 Å². The molecule has 1 saturated heterocycles. The van der Waals surface area contributed by atoms with E-state index in [4.69, 9.17) is 4.74 Å². The van der Waals surface area contributed by atoms with E-state index in [1.165, 1.54) is 6.92 Å². The predicted molar refractivity (Wildman–Crippen MR) is 85.1 cm³/mol. The van der Waals surface area contributed by atoms with E-state index in [2.05, 4.69) is 20.8 Å². The van der Waals surface area contributed by atoms with Gasteiger partial charge < -0.3 is 30.7 Å². The minimum Gasteiger partial charge on any atom is -0.394 e. The van der Waals surface area contributed by atoms with E-state index in [9.17, 15) is 20.1 Å². The van der Waals surface area contributed by atoms with E-state index in [0.29, 0.717) is 5.69 Å². The normalized spacial score (nSPS) is 30.2. The first kappa shape index (κ1) is 16.7. The highest BCUT2D eigenvalue weighted by Gasteiger charge is 2.44. The zero-order chi connectivity index (χ0) is 17.3. The van der Waals surface area contributed by atoms with Gasteiger partial charge in [-0.15, -0.1) is 0 Å². The number of aromatic nitrogens is 2. The van der Waals surface area contributed by atoms with Crippen molar-refractivity contribution in [2.75, 3.05) is 11.9 Å². The first-order valence-corrected chi connectivity index (χ1v) is 7.59. The van der Waals surface area contributed by atoms with Gasteiger partial charge in [-0.05, 0) is 18.2 Å². The number of fused-ring (bicyclic) bond motifs is 1. The maximum absolute atomic E-state index is 11.4. The Morgan fingerprint density at radius 1 is 1.38 bits per heavy atom. The summed E-state index contributed by atoms with van der Waals surface area (Å²) in [5.41, 5.74) is 1.55. The first-order valence-electron chi connectivity index (χ1n) is 7.59. The highest BCUT2D eigenvalue weighted by molar-refractivity contribution is 5.81. The molecule has 0 bridgehead atoms. The fourth-order valence-corrected chi connectivity index (χ4v) is 2.83. The molecule has 1 amide bonds. The fourth-order valence-electron chi connectivity index (χ4n) is 2.83. The van der Waals surface area contributed by atoms with E-state index in [1.54, 1.807) is 12.3 Å². The Morgan fingerprint density at radius 3 is 2.88 bits per heavy atom. The van der Waals surface area contributed by atoms with Crippen molar-refractivity contribution in [1.82, 2.24) is 15.5 Å². The third kappa shape index (κ3) is 3.20. The zero-order valence-corrected chi connectivity index (χ0v) is 13.0. The number of hydrogen-bond donors (Lipinski definition) is 6. The van der Waals surface area contributed by atoms with E-state index in [0.717, 1.165) is 10.9 Å². The molecule has 0 radical (unpaired) electrons. The standard InChI is InChI=1S/C15H20N4O5/c1-7(21)17-12-14(23)13(22)11(6-20)24-15(12)18-9-2-3-10-8(4-9)5-16-19-10/h2-5,11-15,18,20,22-23H,6H2,1H3,(H,16,19)(H,17,21)/t11?,12?,13-,14-,15-/m1/s1. The van der Waals surface area contributed by atoms with Gasteiger partial charge in [-0.2, -0.15) is 5.10 Å². The highest BCUT2D eigenvalue weighted by Crippen LogP contribution is 2.24. The van der Waals surface area contributed by atoms with Crippen molar-refractivity contribution in [3.63, 3.8) is 0 Å². The van der Waals surface area contributed by atoms with Crippen molar-refractivity contribution in [3.05, 3.63) is 24.4 Å². The second-order valence-corrected chi connectivity index (χ2v) is 5.80. The largest absolute Gasteiger partial charge is 0.394 e. The lowest BCUT2D eigenvalue weighted by molar-refractivity contribution is -0.188. The van der Waals surface area contributed by atoms with Crippen LogP contribution in [0.2, 0.25) is 0 Å². The molecule has 6 N–H and O–H groups in total. The molecule has 2 aromatic rings. The predicted octanol–water partition coefficient (Wildman–Crippen LogP) is -1.08. The summed E-state index contributed by atoms with van der Waals surface area (Å²) in [6, 6.07) is 4.58. The molecule has 0 saturated carbocycles. The van der Waals surface area contributed by atoms with Gasteiger partial charge in [0.05, 0.1) is 18.3 Å². The number of nitrogens with one attached hydrogen (secondary N) is 3. The molecule has 1 aliphatic rings. The number of carbonyl (C=O) groups is 1. The van der Waals surface area contributed by atoms with Gasteiger partial charge in [-0.3, -0.25) is 9.89 Å². The third-order valence-electron chi connectivity index (χ3n) is 4.05. The molecule has 3 rings (SSSR count). The van der Waals surface area contributed by atoms with Crippen molar-refractivity contribution in [2.45, 2.75) is 37.5 Å². The van der Waals surface area contributed by atoms with Crippen LogP contribution in [0.25, 0.3) is 10.9 Å². The van der Waals surface area contributed by atoms with Crippen LogP contribution in [0.4, 0.5) is 5.69 Å². The van der Waals surface area contributed by atoms with E-state index in [1.807, 2.05) is 12.1 Å². The quantitative estimate of drug-likeness (QED) is 0.417. The molecule has 1 fully saturated rings. The summed E-state index contributed by atoms with van der Waals surface area (Å²) >= 11 is 0. The molecule has 2 unspecified atom stereocenters. The summed E-state index contributed by atoms with van der Waals surface area (Å²) in [4.78, 5) is 11.4. The molecule has 0 spiro atoms. The number of rotatable bonds is 4. The minimum atomic E-state index is -1.30. The van der Waals surface area contributed by atoms with Crippen LogP contribution in [0.1, 0.15) is 6.92 Å². The number of aromatic amines is 1. The summed E-state index contributed by atoms with van der Waals surface area (Å²) in [6.07, 6.45) is -2.70. The molecule has 1 aromatic carbocycles. The lowest BCUT2D eigenvalue weighted by atomic mass is 9.95. The van der Waals surface area contributed by atoms with Gasteiger partial charge in [0.15, 0.2) is 6.23 Å². The summed E-state index contributed by atoms with van der Waals surface area (Å²) in [5, 5.41) is 42.9. The van der Waals surface area contributed by atoms with Crippen LogP contribution < -0.4 is 10.6 Å². The molecule has 5 atom stereocenters. The van der Waals surface area contributed by atoms with Crippen molar-refractivity contribution >= 4 is 22.5 Å². The zero-order valence-electron chi connectivity index (χ0n) is 13.0. The monoisotopic (exact) mass is 336 g/mol. The Hall–Kier alpha value is -2.20. The van der Waals surface area contributed by atoms with Gasteiger partial charge in [0.2, 0.25) is 5.91 Å². The molecule has 9 nitrogen and oxygen atoms in total. The molecule has 1 aromatic heterocycles. The van der Waals surface area contributed by atoms with Gasteiger partial charge in [0.25, 0.3) is 0 Å². The number of amides is 1. The summed E-state index contributed by atoms with van der Waals surface area (Å²) < 4.78 is 5.62. The van der Waals surface area contributed by atoms with Gasteiger partial charge in [-0.1, -0.05) is 0 Å². The van der Waals surface area contributed by atoms with E-state index < -0.39 is 37.2 Å². The summed E-state index contributed by atoms with van der Waals surface area (Å²) in [7, 11) is 0. The maximum atomic E-state index is 11.4. The molecule has 1 aliphatic heterocycles. The van der Waals surface area contributed by atoms with Crippen molar-refractivity contribution in [3.8, 4) is 0 Å². The van der Waals surface area contributed by atoms with Crippen LogP contribution in [0, 0.1) is 0 Å². The second-order valence-electron chi connectivity index (χ2n) is 5.80. The number of nitrogens with zero attached hydrogens (tertiary/aromatic N) is 1. The van der Waals surface area contributed by atoms with Crippen LogP contribution in [-0.4, -0.2) is 68.6 Å². The number of anilines is 1. The van der Waals surface area contributed by atoms with Gasteiger partial charge >= 0.3 is 0 Å². The lowest BCUT2D eigenvalue weighted by Crippen LogP contribution is -2.65. The average Bonchev–Trinajstić information content (AvgIpc) is 3.01. The molecule has 130 valence electrons. The summed E-state index contributed by atoms with van der Waals surface area (Å²) in [6.45, 7) is 0.857. The number of aliphatic hydroxyl groups is 3. The third-order valence-corrected chi connectivity index (χ3v) is 4.05. The van der Waals surface area contributed by atoms with E-state index in [-0.39, 0.29) is 5.91 Å². The number of hydrogen-bond acceptors (Lipinski definition) is 7. The average molecular weight is 336 g/mol.